The van der Waals surface area contributed by atoms with E-state index < -0.39 is 34.7 Å². The number of hydrogen-bond acceptors (Lipinski definition) is 11. The molecule has 2 heterocycles. The molecule has 0 saturated heterocycles. The maximum atomic E-state index is 12.0. The zero-order valence-corrected chi connectivity index (χ0v) is 23.2. The van der Waals surface area contributed by atoms with Gasteiger partial charge in [0.05, 0.1) is 47.8 Å². The predicted molar refractivity (Wildman–Crippen MR) is 149 cm³/mol. The first-order valence-corrected chi connectivity index (χ1v) is 13.0. The summed E-state index contributed by atoms with van der Waals surface area (Å²) in [5, 5.41) is 64.2. The van der Waals surface area contributed by atoms with Crippen LogP contribution in [-0.4, -0.2) is 54.0 Å². The monoisotopic (exact) mass is 570 g/mol. The number of aliphatic hydroxyl groups is 4. The minimum absolute atomic E-state index is 0.0548. The summed E-state index contributed by atoms with van der Waals surface area (Å²) in [4.78, 5) is 24.0. The number of phenolic OH excluding ortho intramolecular Hbond substituents is 2. The molecule has 2 atom stereocenters. The Morgan fingerprint density at radius 3 is 1.41 bits per heavy atom. The van der Waals surface area contributed by atoms with Crippen molar-refractivity contribution in [3.63, 3.8) is 0 Å². The molecule has 4 rings (SSSR count). The number of aliphatic hydroxyl groups excluding tert-OH is 2. The zero-order chi connectivity index (χ0) is 30.3. The van der Waals surface area contributed by atoms with Crippen molar-refractivity contribution in [1.82, 2.24) is 0 Å². The molecule has 11 heteroatoms. The van der Waals surface area contributed by atoms with Gasteiger partial charge in [0.15, 0.2) is 0 Å². The van der Waals surface area contributed by atoms with Gasteiger partial charge in [-0.3, -0.25) is 0 Å². The van der Waals surface area contributed by atoms with Crippen LogP contribution in [0, 0.1) is 0 Å². The second-order valence-electron chi connectivity index (χ2n) is 11.3. The van der Waals surface area contributed by atoms with Crippen molar-refractivity contribution >= 4 is 21.9 Å². The highest BCUT2D eigenvalue weighted by Gasteiger charge is 2.28. The molecular formula is C30H34O11. The fraction of sp³-hybridized carbons (Fsp3) is 0.400. The van der Waals surface area contributed by atoms with Crippen LogP contribution in [0.5, 0.6) is 11.5 Å². The highest BCUT2D eigenvalue weighted by atomic mass is 16.5. The topological polar surface area (TPSA) is 191 Å². The Balaban J connectivity index is 1.72. The molecule has 4 aromatic rings. The van der Waals surface area contributed by atoms with E-state index in [9.17, 15) is 40.2 Å². The first-order valence-electron chi connectivity index (χ1n) is 13.0. The number of rotatable bonds is 10. The Bertz CT molecular complexity index is 1560. The average molecular weight is 571 g/mol. The molecule has 0 unspecified atom stereocenters. The van der Waals surface area contributed by atoms with Gasteiger partial charge in [-0.1, -0.05) is 0 Å². The summed E-state index contributed by atoms with van der Waals surface area (Å²) in [5.41, 5.74) is -3.37. The van der Waals surface area contributed by atoms with Gasteiger partial charge >= 0.3 is 11.3 Å². The van der Waals surface area contributed by atoms with E-state index in [1.165, 1.54) is 64.1 Å². The zero-order valence-electron chi connectivity index (χ0n) is 23.2. The largest absolute Gasteiger partial charge is 0.507 e. The maximum Gasteiger partial charge on any atom is 0.336 e. The van der Waals surface area contributed by atoms with Crippen LogP contribution < -0.4 is 11.3 Å². The number of fused-ring (bicyclic) bond motifs is 2. The molecule has 11 nitrogen and oxygen atoms in total. The Morgan fingerprint density at radius 2 is 1.07 bits per heavy atom. The second-order valence-corrected chi connectivity index (χ2v) is 11.3. The smallest absolute Gasteiger partial charge is 0.336 e. The highest BCUT2D eigenvalue weighted by molar-refractivity contribution is 5.84. The van der Waals surface area contributed by atoms with Gasteiger partial charge in [-0.2, -0.15) is 0 Å². The molecule has 6 N–H and O–H groups in total. The van der Waals surface area contributed by atoms with Crippen LogP contribution in [0.4, 0.5) is 0 Å². The van der Waals surface area contributed by atoms with Crippen molar-refractivity contribution in [1.29, 1.82) is 0 Å². The maximum absolute atomic E-state index is 12.0. The van der Waals surface area contributed by atoms with E-state index in [1.54, 1.807) is 0 Å². The van der Waals surface area contributed by atoms with Crippen LogP contribution in [0.15, 0.2) is 54.8 Å². The Labute approximate surface area is 234 Å². The molecule has 0 radical (unpaired) electrons. The lowest BCUT2D eigenvalue weighted by Gasteiger charge is -2.25. The third-order valence-electron chi connectivity index (χ3n) is 7.07. The summed E-state index contributed by atoms with van der Waals surface area (Å²) in [6, 6.07) is 8.49. The fourth-order valence-corrected chi connectivity index (χ4v) is 4.42. The van der Waals surface area contributed by atoms with Crippen LogP contribution in [-0.2, 0) is 30.8 Å². The molecule has 0 fully saturated rings. The van der Waals surface area contributed by atoms with Crippen LogP contribution in [0.3, 0.4) is 0 Å². The first-order chi connectivity index (χ1) is 19.1. The van der Waals surface area contributed by atoms with Gasteiger partial charge in [0, 0.05) is 35.7 Å². The summed E-state index contributed by atoms with van der Waals surface area (Å²) in [7, 11) is 0. The molecule has 2 aromatic carbocycles. The van der Waals surface area contributed by atoms with Gasteiger partial charge in [0.2, 0.25) is 0 Å². The molecular weight excluding hydrogens is 536 g/mol. The summed E-state index contributed by atoms with van der Waals surface area (Å²) in [6.45, 7) is 5.09. The van der Waals surface area contributed by atoms with Gasteiger partial charge in [0.1, 0.15) is 22.7 Å². The summed E-state index contributed by atoms with van der Waals surface area (Å²) < 4.78 is 16.5. The van der Waals surface area contributed by atoms with Crippen LogP contribution in [0.1, 0.15) is 49.9 Å². The quantitative estimate of drug-likeness (QED) is 0.153. The van der Waals surface area contributed by atoms with Gasteiger partial charge in [0.25, 0.3) is 0 Å². The Kier molecular flexibility index (Phi) is 8.30. The number of hydrogen-bond donors (Lipinski definition) is 6. The number of phenols is 2. The molecule has 0 aliphatic carbocycles. The minimum atomic E-state index is -1.45. The highest BCUT2D eigenvalue weighted by Crippen LogP contribution is 2.36. The third-order valence-corrected chi connectivity index (χ3v) is 7.07. The SMILES string of the molecule is CC(C)(O)[C@H](O)Cc1cc2ccc(=O)oc2c(COCc2c(O)c(C[C@H](O)C(C)(C)O)cc3ccc(=O)oc23)c1O. The third kappa shape index (κ3) is 6.61. The minimum Gasteiger partial charge on any atom is -0.507 e. The molecule has 41 heavy (non-hydrogen) atoms. The van der Waals surface area contributed by atoms with Crippen molar-refractivity contribution in [2.45, 2.75) is 77.2 Å². The normalized spacial score (nSPS) is 14.0. The molecule has 0 spiro atoms. The lowest BCUT2D eigenvalue weighted by molar-refractivity contribution is -0.0471. The molecule has 220 valence electrons. The van der Waals surface area contributed by atoms with E-state index in [0.717, 1.165) is 0 Å². The number of ether oxygens (including phenoxy) is 1. The second kappa shape index (κ2) is 11.3. The van der Waals surface area contributed by atoms with E-state index in [2.05, 4.69) is 0 Å². The van der Waals surface area contributed by atoms with E-state index in [0.29, 0.717) is 10.8 Å². The van der Waals surface area contributed by atoms with E-state index >= 15 is 0 Å². The van der Waals surface area contributed by atoms with E-state index in [4.69, 9.17) is 13.6 Å². The molecule has 0 aliphatic heterocycles. The summed E-state index contributed by atoms with van der Waals surface area (Å²) in [6.07, 6.45) is -2.66. The molecule has 0 aliphatic rings. The number of benzene rings is 2. The van der Waals surface area contributed by atoms with Gasteiger partial charge in [-0.05, 0) is 63.1 Å². The average Bonchev–Trinajstić information content (AvgIpc) is 2.87. The lowest BCUT2D eigenvalue weighted by Crippen LogP contribution is -2.37. The van der Waals surface area contributed by atoms with Crippen molar-refractivity contribution in [2.24, 2.45) is 0 Å². The van der Waals surface area contributed by atoms with Crippen molar-refractivity contribution < 1.29 is 44.2 Å². The molecule has 0 saturated carbocycles. The Hall–Kier alpha value is -3.74. The van der Waals surface area contributed by atoms with E-state index in [-0.39, 0.29) is 71.0 Å². The summed E-state index contributed by atoms with van der Waals surface area (Å²) >= 11 is 0. The van der Waals surface area contributed by atoms with Gasteiger partial charge in [-0.25, -0.2) is 9.59 Å². The summed E-state index contributed by atoms with van der Waals surface area (Å²) in [5.74, 6) is -0.615. The van der Waals surface area contributed by atoms with Crippen LogP contribution in [0.25, 0.3) is 21.9 Å². The fourth-order valence-electron chi connectivity index (χ4n) is 4.42. The standard InChI is InChI=1S/C30H34O11/c1-29(2,37)21(31)11-17-9-15-5-7-23(33)40-27(15)19(25(17)35)13-39-14-20-26(36)18(12-22(32)30(3,4)38)10-16-6-8-24(34)41-28(16)20/h5-10,21-22,31-32,35-38H,11-14H2,1-4H3/t21-,22+. The van der Waals surface area contributed by atoms with E-state index in [1.807, 2.05) is 0 Å². The van der Waals surface area contributed by atoms with Gasteiger partial charge < -0.3 is 44.2 Å². The van der Waals surface area contributed by atoms with Gasteiger partial charge in [-0.15, -0.1) is 0 Å². The lowest BCUT2D eigenvalue weighted by atomic mass is 9.92. The van der Waals surface area contributed by atoms with Crippen LogP contribution in [0.2, 0.25) is 0 Å². The van der Waals surface area contributed by atoms with Crippen molar-refractivity contribution in [3.8, 4) is 11.5 Å². The molecule has 0 bridgehead atoms. The van der Waals surface area contributed by atoms with Crippen molar-refractivity contribution in [3.05, 3.63) is 79.5 Å². The Morgan fingerprint density at radius 1 is 0.707 bits per heavy atom. The predicted octanol–water partition coefficient (Wildman–Crippen LogP) is 2.38. The molecule has 0 amide bonds. The number of aromatic hydroxyl groups is 2. The van der Waals surface area contributed by atoms with Crippen LogP contribution >= 0.6 is 0 Å². The molecule has 2 aromatic heterocycles. The van der Waals surface area contributed by atoms with Crippen molar-refractivity contribution in [2.75, 3.05) is 0 Å². The first kappa shape index (κ1) is 30.2.